The molecule has 0 aromatic heterocycles. The Balaban J connectivity index is 0.000000443. The van der Waals surface area contributed by atoms with Crippen molar-refractivity contribution >= 4 is 0 Å². The van der Waals surface area contributed by atoms with Crippen molar-refractivity contribution in [2.75, 3.05) is 0 Å². The van der Waals surface area contributed by atoms with Gasteiger partial charge in [-0.15, -0.1) is 0 Å². The molecule has 0 bridgehead atoms. The zero-order valence-electron chi connectivity index (χ0n) is 12.9. The predicted molar refractivity (Wildman–Crippen MR) is 85.3 cm³/mol. The Hall–Kier alpha value is -0.820. The first-order valence-corrected chi connectivity index (χ1v) is 7.99. The predicted octanol–water partition coefficient (Wildman–Crippen LogP) is 5.58. The van der Waals surface area contributed by atoms with E-state index in [0.29, 0.717) is 0 Å². The van der Waals surface area contributed by atoms with Crippen LogP contribution in [0, 0.1) is 0 Å². The van der Waals surface area contributed by atoms with Gasteiger partial charge < -0.3 is 5.11 Å². The van der Waals surface area contributed by atoms with Crippen LogP contribution in [0.3, 0.4) is 0 Å². The standard InChI is InChI=1S/C12H26O.C6H6/c1-3-5-7-8-9-11-12(13)10-6-4-2;1-2-4-6-5-3-1/h12-13H,3-11H2,1-2H3;1-6H. The van der Waals surface area contributed by atoms with Gasteiger partial charge >= 0.3 is 0 Å². The normalized spacial score (nSPS) is 11.5. The first-order chi connectivity index (χ1) is 9.31. The van der Waals surface area contributed by atoms with E-state index in [1.54, 1.807) is 0 Å². The number of hydrogen-bond donors (Lipinski definition) is 1. The van der Waals surface area contributed by atoms with Gasteiger partial charge in [-0.1, -0.05) is 95.2 Å². The Bertz CT molecular complexity index is 218. The maximum atomic E-state index is 9.54. The zero-order valence-corrected chi connectivity index (χ0v) is 12.9. The highest BCUT2D eigenvalue weighted by molar-refractivity contribution is 4.99. The van der Waals surface area contributed by atoms with Crippen LogP contribution in [0.2, 0.25) is 0 Å². The van der Waals surface area contributed by atoms with Gasteiger partial charge in [0.1, 0.15) is 0 Å². The molecule has 0 aliphatic heterocycles. The van der Waals surface area contributed by atoms with Gasteiger partial charge in [-0.3, -0.25) is 0 Å². The minimum atomic E-state index is -0.0263. The van der Waals surface area contributed by atoms with Crippen LogP contribution in [-0.2, 0) is 0 Å². The monoisotopic (exact) mass is 264 g/mol. The van der Waals surface area contributed by atoms with Crippen molar-refractivity contribution in [3.63, 3.8) is 0 Å². The number of aliphatic hydroxyl groups excluding tert-OH is 1. The molecule has 1 rings (SSSR count). The summed E-state index contributed by atoms with van der Waals surface area (Å²) < 4.78 is 0. The summed E-state index contributed by atoms with van der Waals surface area (Å²) in [6, 6.07) is 12.0. The van der Waals surface area contributed by atoms with Crippen molar-refractivity contribution in [1.29, 1.82) is 0 Å². The lowest BCUT2D eigenvalue weighted by atomic mass is 10.0. The second-order valence-corrected chi connectivity index (χ2v) is 5.15. The van der Waals surface area contributed by atoms with Gasteiger partial charge in [0.15, 0.2) is 0 Å². The molecule has 0 spiro atoms. The number of benzene rings is 1. The van der Waals surface area contributed by atoms with Gasteiger partial charge in [-0.2, -0.15) is 0 Å². The third kappa shape index (κ3) is 15.1. The van der Waals surface area contributed by atoms with Gasteiger partial charge in [-0.25, -0.2) is 0 Å². The van der Waals surface area contributed by atoms with Crippen molar-refractivity contribution in [3.8, 4) is 0 Å². The van der Waals surface area contributed by atoms with E-state index in [2.05, 4.69) is 13.8 Å². The molecule has 1 unspecified atom stereocenters. The summed E-state index contributed by atoms with van der Waals surface area (Å²) in [5.41, 5.74) is 0. The van der Waals surface area contributed by atoms with Crippen LogP contribution in [0.1, 0.15) is 71.6 Å². The molecule has 19 heavy (non-hydrogen) atoms. The van der Waals surface area contributed by atoms with Crippen LogP contribution in [0.15, 0.2) is 36.4 Å². The molecule has 0 aliphatic carbocycles. The average Bonchev–Trinajstić information content (AvgIpc) is 2.47. The lowest BCUT2D eigenvalue weighted by Crippen LogP contribution is -2.05. The molecule has 0 radical (unpaired) electrons. The molecule has 1 N–H and O–H groups in total. The Morgan fingerprint density at radius 1 is 0.632 bits per heavy atom. The second kappa shape index (κ2) is 15.2. The minimum absolute atomic E-state index is 0.0263. The molecule has 0 amide bonds. The van der Waals surface area contributed by atoms with Crippen LogP contribution in [0.5, 0.6) is 0 Å². The van der Waals surface area contributed by atoms with E-state index < -0.39 is 0 Å². The molecule has 1 heteroatoms. The lowest BCUT2D eigenvalue weighted by molar-refractivity contribution is 0.148. The summed E-state index contributed by atoms with van der Waals surface area (Å²) in [6.45, 7) is 4.41. The van der Waals surface area contributed by atoms with Crippen LogP contribution < -0.4 is 0 Å². The van der Waals surface area contributed by atoms with Gasteiger partial charge in [0.25, 0.3) is 0 Å². The van der Waals surface area contributed by atoms with E-state index in [9.17, 15) is 5.11 Å². The summed E-state index contributed by atoms with van der Waals surface area (Å²) in [5, 5.41) is 9.54. The maximum absolute atomic E-state index is 9.54. The topological polar surface area (TPSA) is 20.2 Å². The van der Waals surface area contributed by atoms with Crippen LogP contribution >= 0.6 is 0 Å². The molecule has 0 saturated carbocycles. The first-order valence-electron chi connectivity index (χ1n) is 7.99. The fourth-order valence-corrected chi connectivity index (χ4v) is 1.95. The zero-order chi connectivity index (χ0) is 14.2. The largest absolute Gasteiger partial charge is 0.393 e. The summed E-state index contributed by atoms with van der Waals surface area (Å²) >= 11 is 0. The van der Waals surface area contributed by atoms with E-state index in [1.165, 1.54) is 44.9 Å². The summed E-state index contributed by atoms with van der Waals surface area (Å²) in [6.07, 6.45) is 10.9. The highest BCUT2D eigenvalue weighted by atomic mass is 16.3. The maximum Gasteiger partial charge on any atom is 0.0540 e. The van der Waals surface area contributed by atoms with E-state index in [1.807, 2.05) is 36.4 Å². The lowest BCUT2D eigenvalue weighted by Gasteiger charge is -2.08. The van der Waals surface area contributed by atoms with Crippen molar-refractivity contribution < 1.29 is 5.11 Å². The van der Waals surface area contributed by atoms with E-state index in [4.69, 9.17) is 0 Å². The number of aliphatic hydroxyl groups is 1. The van der Waals surface area contributed by atoms with Gasteiger partial charge in [0.05, 0.1) is 6.10 Å². The second-order valence-electron chi connectivity index (χ2n) is 5.15. The van der Waals surface area contributed by atoms with Gasteiger partial charge in [-0.05, 0) is 12.8 Å². The summed E-state index contributed by atoms with van der Waals surface area (Å²) in [4.78, 5) is 0. The molecule has 0 fully saturated rings. The molecular weight excluding hydrogens is 232 g/mol. The fraction of sp³-hybridized carbons (Fsp3) is 0.667. The van der Waals surface area contributed by atoms with Crippen molar-refractivity contribution in [2.24, 2.45) is 0 Å². The minimum Gasteiger partial charge on any atom is -0.393 e. The molecular formula is C18H32O. The molecule has 0 heterocycles. The Morgan fingerprint density at radius 2 is 1.05 bits per heavy atom. The SMILES string of the molecule is CCCCCCCC(O)CCCC.c1ccccc1. The van der Waals surface area contributed by atoms with Crippen molar-refractivity contribution in [3.05, 3.63) is 36.4 Å². The first kappa shape index (κ1) is 18.2. The van der Waals surface area contributed by atoms with E-state index in [0.717, 1.165) is 12.8 Å². The summed E-state index contributed by atoms with van der Waals surface area (Å²) in [7, 11) is 0. The van der Waals surface area contributed by atoms with Crippen LogP contribution in [0.25, 0.3) is 0 Å². The number of unbranched alkanes of at least 4 members (excludes halogenated alkanes) is 5. The molecule has 1 atom stereocenters. The smallest absolute Gasteiger partial charge is 0.0540 e. The third-order valence-corrected chi connectivity index (χ3v) is 3.20. The molecule has 0 saturated heterocycles. The third-order valence-electron chi connectivity index (χ3n) is 3.20. The van der Waals surface area contributed by atoms with Gasteiger partial charge in [0.2, 0.25) is 0 Å². The Morgan fingerprint density at radius 3 is 1.53 bits per heavy atom. The van der Waals surface area contributed by atoms with Crippen molar-refractivity contribution in [1.82, 2.24) is 0 Å². The fourth-order valence-electron chi connectivity index (χ4n) is 1.95. The number of hydrogen-bond acceptors (Lipinski definition) is 1. The molecule has 110 valence electrons. The van der Waals surface area contributed by atoms with E-state index in [-0.39, 0.29) is 6.10 Å². The Labute approximate surface area is 120 Å². The summed E-state index contributed by atoms with van der Waals surface area (Å²) in [5.74, 6) is 0. The highest BCUT2D eigenvalue weighted by Crippen LogP contribution is 2.10. The molecule has 1 nitrogen and oxygen atoms in total. The van der Waals surface area contributed by atoms with Crippen molar-refractivity contribution in [2.45, 2.75) is 77.7 Å². The molecule has 0 aliphatic rings. The highest BCUT2D eigenvalue weighted by Gasteiger charge is 2.01. The van der Waals surface area contributed by atoms with Crippen LogP contribution in [0.4, 0.5) is 0 Å². The van der Waals surface area contributed by atoms with Gasteiger partial charge in [0, 0.05) is 0 Å². The average molecular weight is 264 g/mol. The molecule has 1 aromatic carbocycles. The van der Waals surface area contributed by atoms with E-state index >= 15 is 0 Å². The van der Waals surface area contributed by atoms with Crippen LogP contribution in [-0.4, -0.2) is 11.2 Å². The Kier molecular flexibility index (Phi) is 14.6. The quantitative estimate of drug-likeness (QED) is 0.577. The molecule has 1 aromatic rings. The number of rotatable bonds is 9.